The summed E-state index contributed by atoms with van der Waals surface area (Å²) in [6.45, 7) is 12.6. The maximum absolute atomic E-state index is 13.5. The lowest BCUT2D eigenvalue weighted by atomic mass is 9.53. The van der Waals surface area contributed by atoms with E-state index in [1.165, 1.54) is 11.1 Å². The number of esters is 2. The number of rotatable bonds is 13. The number of carbonyl (C=O) groups excluding carboxylic acids is 2. The van der Waals surface area contributed by atoms with E-state index in [2.05, 4.69) is 26.0 Å². The maximum atomic E-state index is 13.5. The molecule has 4 aliphatic rings. The van der Waals surface area contributed by atoms with E-state index in [4.69, 9.17) is 9.47 Å². The van der Waals surface area contributed by atoms with Crippen LogP contribution in [0.25, 0.3) is 0 Å². The summed E-state index contributed by atoms with van der Waals surface area (Å²) < 4.78 is 12.0. The number of hydrogen-bond donors (Lipinski definition) is 0. The fourth-order valence-corrected chi connectivity index (χ4v) is 8.95. The van der Waals surface area contributed by atoms with Crippen LogP contribution in [0.2, 0.25) is 0 Å². The highest BCUT2D eigenvalue weighted by atomic mass is 16.6. The molecule has 0 aromatic carbocycles. The van der Waals surface area contributed by atoms with E-state index in [0.717, 1.165) is 25.7 Å². The standard InChI is InChI=1S/C32H48N2O8/c1-8-20-10-22-14-31(18-33(37)38,24(22)12-20)16-26(35)41-28(29(3,4)5)30(6,7)42-27(36)17-32(19-34(39)40)15-23-11-21(9-2)13-25(23)32/h12-13,22-25,28H,8-11,14-19H2,1-7H3. The molecule has 2 saturated carbocycles. The second kappa shape index (κ2) is 11.4. The Balaban J connectivity index is 1.47. The Morgan fingerprint density at radius 2 is 1.29 bits per heavy atom. The summed E-state index contributed by atoms with van der Waals surface area (Å²) in [6.07, 6.45) is 8.17. The lowest BCUT2D eigenvalue weighted by Gasteiger charge is -2.50. The van der Waals surface area contributed by atoms with Crippen LogP contribution in [-0.4, -0.2) is 46.6 Å². The van der Waals surface area contributed by atoms with E-state index >= 15 is 0 Å². The van der Waals surface area contributed by atoms with Crippen molar-refractivity contribution in [1.29, 1.82) is 0 Å². The molecule has 2 fully saturated rings. The number of fused-ring (bicyclic) bond motifs is 2. The summed E-state index contributed by atoms with van der Waals surface area (Å²) in [4.78, 5) is 49.5. The monoisotopic (exact) mass is 588 g/mol. The van der Waals surface area contributed by atoms with Gasteiger partial charge in [-0.15, -0.1) is 0 Å². The van der Waals surface area contributed by atoms with Gasteiger partial charge in [0.15, 0.2) is 0 Å². The van der Waals surface area contributed by atoms with Crippen LogP contribution in [-0.2, 0) is 19.1 Å². The third-order valence-electron chi connectivity index (χ3n) is 10.5. The first-order chi connectivity index (χ1) is 19.4. The molecular weight excluding hydrogens is 540 g/mol. The zero-order valence-corrected chi connectivity index (χ0v) is 26.3. The topological polar surface area (TPSA) is 139 Å². The summed E-state index contributed by atoms with van der Waals surface area (Å²) in [6, 6.07) is 0. The van der Waals surface area contributed by atoms with Gasteiger partial charge in [0.2, 0.25) is 13.1 Å². The number of carbonyl (C=O) groups is 2. The van der Waals surface area contributed by atoms with Gasteiger partial charge in [-0.1, -0.05) is 57.9 Å². The minimum absolute atomic E-state index is 0.00768. The van der Waals surface area contributed by atoms with Gasteiger partial charge < -0.3 is 9.47 Å². The molecule has 7 unspecified atom stereocenters. The predicted molar refractivity (Wildman–Crippen MR) is 157 cm³/mol. The highest BCUT2D eigenvalue weighted by Crippen LogP contribution is 2.61. The maximum Gasteiger partial charge on any atom is 0.307 e. The van der Waals surface area contributed by atoms with Crippen molar-refractivity contribution >= 4 is 11.9 Å². The van der Waals surface area contributed by atoms with Crippen LogP contribution < -0.4 is 0 Å². The fourth-order valence-electron chi connectivity index (χ4n) is 8.95. The Kier molecular flexibility index (Phi) is 8.71. The molecule has 42 heavy (non-hydrogen) atoms. The van der Waals surface area contributed by atoms with Gasteiger partial charge in [0.1, 0.15) is 11.7 Å². The number of nitro groups is 2. The van der Waals surface area contributed by atoms with Gasteiger partial charge in [0.05, 0.1) is 23.7 Å². The van der Waals surface area contributed by atoms with E-state index in [9.17, 15) is 29.8 Å². The number of hydrogen-bond acceptors (Lipinski definition) is 8. The van der Waals surface area contributed by atoms with Gasteiger partial charge in [-0.25, -0.2) is 0 Å². The molecule has 234 valence electrons. The van der Waals surface area contributed by atoms with Gasteiger partial charge in [-0.05, 0) is 76.0 Å². The van der Waals surface area contributed by atoms with E-state index in [1.54, 1.807) is 13.8 Å². The van der Waals surface area contributed by atoms with E-state index in [-0.39, 0.29) is 47.6 Å². The van der Waals surface area contributed by atoms with Crippen molar-refractivity contribution < 1.29 is 28.9 Å². The predicted octanol–water partition coefficient (Wildman–Crippen LogP) is 6.32. The van der Waals surface area contributed by atoms with Crippen LogP contribution >= 0.6 is 0 Å². The molecular formula is C32H48N2O8. The zero-order valence-electron chi connectivity index (χ0n) is 26.3. The second-order valence-electron chi connectivity index (χ2n) is 15.1. The van der Waals surface area contributed by atoms with Crippen LogP contribution in [0.5, 0.6) is 0 Å². The van der Waals surface area contributed by atoms with Crippen molar-refractivity contribution in [3.63, 3.8) is 0 Å². The van der Waals surface area contributed by atoms with Crippen LogP contribution in [0.4, 0.5) is 0 Å². The molecule has 4 rings (SSSR count). The number of allylic oxidation sites excluding steroid dienone is 4. The average molecular weight is 589 g/mol. The molecule has 10 heteroatoms. The largest absolute Gasteiger partial charge is 0.458 e. The SMILES string of the molecule is CCC1=CC2C(C1)CC2(CC(=O)OC(C(C)(C)C)C(C)(C)OC(=O)CC1(C[N+](=O)[O-])CC2CC(CC)=CC21)C[N+](=O)[O-]. The Labute approximate surface area is 249 Å². The third kappa shape index (κ3) is 6.27. The van der Waals surface area contributed by atoms with Crippen molar-refractivity contribution in [3.05, 3.63) is 43.5 Å². The molecule has 0 heterocycles. The van der Waals surface area contributed by atoms with Gasteiger partial charge in [-0.2, -0.15) is 0 Å². The minimum atomic E-state index is -1.23. The first kappa shape index (κ1) is 32.1. The Bertz CT molecular complexity index is 1180. The summed E-state index contributed by atoms with van der Waals surface area (Å²) in [5.41, 5.74) is -0.817. The van der Waals surface area contributed by atoms with Crippen LogP contribution in [0.3, 0.4) is 0 Å². The molecule has 0 N–H and O–H groups in total. The van der Waals surface area contributed by atoms with Gasteiger partial charge in [-0.3, -0.25) is 29.8 Å². The lowest BCUT2D eigenvalue weighted by molar-refractivity contribution is -0.506. The van der Waals surface area contributed by atoms with Crippen molar-refractivity contribution in [1.82, 2.24) is 0 Å². The van der Waals surface area contributed by atoms with E-state index < -0.39 is 39.9 Å². The molecule has 7 atom stereocenters. The van der Waals surface area contributed by atoms with Crippen molar-refractivity contribution in [2.75, 3.05) is 13.1 Å². The van der Waals surface area contributed by atoms with Gasteiger partial charge >= 0.3 is 11.9 Å². The summed E-state index contributed by atoms with van der Waals surface area (Å²) in [5.74, 6) is -0.418. The summed E-state index contributed by atoms with van der Waals surface area (Å²) >= 11 is 0. The first-order valence-electron chi connectivity index (χ1n) is 15.5. The molecule has 0 aromatic heterocycles. The fraction of sp³-hybridized carbons (Fsp3) is 0.812. The van der Waals surface area contributed by atoms with E-state index in [1.807, 2.05) is 20.8 Å². The highest BCUT2D eigenvalue weighted by molar-refractivity contribution is 5.72. The molecule has 0 spiro atoms. The molecule has 0 saturated heterocycles. The Morgan fingerprint density at radius 1 is 0.857 bits per heavy atom. The summed E-state index contributed by atoms with van der Waals surface area (Å²) in [5, 5.41) is 23.3. The number of ether oxygens (including phenoxy) is 2. The minimum Gasteiger partial charge on any atom is -0.458 e. The Morgan fingerprint density at radius 3 is 1.67 bits per heavy atom. The molecule has 0 radical (unpaired) electrons. The van der Waals surface area contributed by atoms with Crippen molar-refractivity contribution in [2.45, 2.75) is 112 Å². The first-order valence-corrected chi connectivity index (χ1v) is 15.5. The van der Waals surface area contributed by atoms with Crippen LogP contribution in [0.15, 0.2) is 23.3 Å². The van der Waals surface area contributed by atoms with Gasteiger partial charge in [0.25, 0.3) is 0 Å². The second-order valence-corrected chi connectivity index (χ2v) is 15.1. The normalized spacial score (nSPS) is 32.4. The number of nitrogens with zero attached hydrogens (tertiary/aromatic N) is 2. The Hall–Kier alpha value is -2.78. The molecule has 0 bridgehead atoms. The highest BCUT2D eigenvalue weighted by Gasteiger charge is 2.61. The smallest absolute Gasteiger partial charge is 0.307 e. The van der Waals surface area contributed by atoms with Crippen molar-refractivity contribution in [2.24, 2.45) is 39.9 Å². The molecule has 4 aliphatic carbocycles. The van der Waals surface area contributed by atoms with Crippen molar-refractivity contribution in [3.8, 4) is 0 Å². The molecule has 0 amide bonds. The average Bonchev–Trinajstić information content (AvgIpc) is 3.37. The quantitative estimate of drug-likeness (QED) is 0.105. The van der Waals surface area contributed by atoms with Crippen LogP contribution in [0.1, 0.15) is 99.8 Å². The third-order valence-corrected chi connectivity index (χ3v) is 10.5. The molecule has 10 nitrogen and oxygen atoms in total. The summed E-state index contributed by atoms with van der Waals surface area (Å²) in [7, 11) is 0. The zero-order chi connectivity index (χ0) is 31.3. The van der Waals surface area contributed by atoms with Gasteiger partial charge in [0, 0.05) is 15.3 Å². The van der Waals surface area contributed by atoms with Crippen LogP contribution in [0, 0.1) is 60.1 Å². The lowest BCUT2D eigenvalue weighted by Crippen LogP contribution is -2.55. The molecule has 0 aliphatic heterocycles. The molecule has 0 aromatic rings. The van der Waals surface area contributed by atoms with E-state index in [0.29, 0.717) is 24.7 Å².